The number of imide groups is 2. The van der Waals surface area contributed by atoms with Crippen LogP contribution in [0.5, 0.6) is 0 Å². The summed E-state index contributed by atoms with van der Waals surface area (Å²) < 4.78 is 0.745. The molecule has 12 heteroatoms. The van der Waals surface area contributed by atoms with E-state index in [4.69, 9.17) is 11.6 Å². The minimum atomic E-state index is -1.42. The standard InChI is InChI=1S/C25H17BrClN5O5/c26-16-5-11-19(12-6-16)32-24(36)20(23(35)30-25(32)37)13-28-31-22(34)15-3-9-18(10-4-15)29-21(33)14-1-7-17(27)8-2-14/h1-13,20H,(H,29,33)(H,31,34)(H,30,35,37)/b28-13-/t20-/m0/s1. The molecule has 1 fully saturated rings. The van der Waals surface area contributed by atoms with Gasteiger partial charge in [-0.25, -0.2) is 15.1 Å². The quantitative estimate of drug-likeness (QED) is 0.229. The Bertz CT molecular complexity index is 1410. The Balaban J connectivity index is 1.37. The van der Waals surface area contributed by atoms with Gasteiger partial charge in [0.2, 0.25) is 5.91 Å². The van der Waals surface area contributed by atoms with E-state index in [9.17, 15) is 24.0 Å². The molecule has 3 N–H and O–H groups in total. The number of amides is 6. The summed E-state index contributed by atoms with van der Waals surface area (Å²) in [6.07, 6.45) is 0.953. The summed E-state index contributed by atoms with van der Waals surface area (Å²) in [5.74, 6) is -4.05. The smallest absolute Gasteiger partial charge is 0.322 e. The van der Waals surface area contributed by atoms with E-state index < -0.39 is 29.7 Å². The summed E-state index contributed by atoms with van der Waals surface area (Å²) in [7, 11) is 0. The Hall–Kier alpha value is -4.35. The molecule has 1 aliphatic rings. The van der Waals surface area contributed by atoms with Crippen molar-refractivity contribution in [3.63, 3.8) is 0 Å². The molecule has 0 aliphatic carbocycles. The van der Waals surface area contributed by atoms with Crippen LogP contribution in [0, 0.1) is 5.92 Å². The second kappa shape index (κ2) is 11.1. The van der Waals surface area contributed by atoms with Crippen molar-refractivity contribution in [2.45, 2.75) is 0 Å². The second-order valence-electron chi connectivity index (χ2n) is 7.68. The third-order valence-electron chi connectivity index (χ3n) is 5.19. The summed E-state index contributed by atoms with van der Waals surface area (Å²) >= 11 is 9.10. The van der Waals surface area contributed by atoms with E-state index in [0.29, 0.717) is 16.3 Å². The van der Waals surface area contributed by atoms with Crippen LogP contribution in [0.4, 0.5) is 16.2 Å². The molecule has 3 aromatic carbocycles. The van der Waals surface area contributed by atoms with E-state index in [0.717, 1.165) is 15.6 Å². The number of anilines is 2. The van der Waals surface area contributed by atoms with Crippen LogP contribution in [0.1, 0.15) is 20.7 Å². The van der Waals surface area contributed by atoms with Gasteiger partial charge in [-0.15, -0.1) is 0 Å². The number of rotatable bonds is 6. The number of hydrogen-bond acceptors (Lipinski definition) is 6. The molecule has 1 heterocycles. The first-order valence-corrected chi connectivity index (χ1v) is 11.8. The van der Waals surface area contributed by atoms with Crippen LogP contribution in [-0.4, -0.2) is 35.9 Å². The fourth-order valence-electron chi connectivity index (χ4n) is 3.30. The van der Waals surface area contributed by atoms with Crippen LogP contribution in [0.25, 0.3) is 0 Å². The number of barbiturate groups is 1. The molecule has 0 bridgehead atoms. The Morgan fingerprint density at radius 1 is 0.892 bits per heavy atom. The molecule has 0 radical (unpaired) electrons. The summed E-state index contributed by atoms with van der Waals surface area (Å²) in [6.45, 7) is 0. The maximum Gasteiger partial charge on any atom is 0.335 e. The van der Waals surface area contributed by atoms with E-state index in [2.05, 4.69) is 37.1 Å². The molecular weight excluding hydrogens is 566 g/mol. The molecule has 1 aliphatic heterocycles. The van der Waals surface area contributed by atoms with E-state index in [1.807, 2.05) is 0 Å². The molecular formula is C25H17BrClN5O5. The highest BCUT2D eigenvalue weighted by Crippen LogP contribution is 2.22. The first kappa shape index (κ1) is 25.7. The average molecular weight is 583 g/mol. The maximum absolute atomic E-state index is 12.8. The van der Waals surface area contributed by atoms with E-state index >= 15 is 0 Å². The van der Waals surface area contributed by atoms with Gasteiger partial charge in [0.15, 0.2) is 5.92 Å². The first-order chi connectivity index (χ1) is 17.7. The van der Waals surface area contributed by atoms with E-state index in [1.165, 1.54) is 36.4 Å². The number of nitrogens with zero attached hydrogens (tertiary/aromatic N) is 2. The Kier molecular flexibility index (Phi) is 7.75. The van der Waals surface area contributed by atoms with Gasteiger partial charge in [-0.05, 0) is 72.8 Å². The molecule has 186 valence electrons. The lowest BCUT2D eigenvalue weighted by atomic mass is 10.1. The van der Waals surface area contributed by atoms with Crippen molar-refractivity contribution in [2.75, 3.05) is 10.2 Å². The molecule has 0 saturated carbocycles. The minimum absolute atomic E-state index is 0.215. The lowest BCUT2D eigenvalue weighted by Crippen LogP contribution is -2.58. The van der Waals surface area contributed by atoms with E-state index in [1.54, 1.807) is 36.4 Å². The number of hydrogen-bond donors (Lipinski definition) is 3. The molecule has 6 amide bonds. The van der Waals surface area contributed by atoms with Gasteiger partial charge in [0.25, 0.3) is 17.7 Å². The molecule has 10 nitrogen and oxygen atoms in total. The van der Waals surface area contributed by atoms with Gasteiger partial charge in [-0.3, -0.25) is 24.5 Å². The van der Waals surface area contributed by atoms with E-state index in [-0.39, 0.29) is 17.2 Å². The topological polar surface area (TPSA) is 137 Å². The number of nitrogens with one attached hydrogen (secondary N) is 3. The highest BCUT2D eigenvalue weighted by atomic mass is 79.9. The zero-order chi connectivity index (χ0) is 26.5. The Morgan fingerprint density at radius 3 is 2.14 bits per heavy atom. The van der Waals surface area contributed by atoms with Gasteiger partial charge < -0.3 is 5.32 Å². The Labute approximate surface area is 223 Å². The van der Waals surface area contributed by atoms with Gasteiger partial charge in [0.05, 0.1) is 5.69 Å². The zero-order valence-corrected chi connectivity index (χ0v) is 21.1. The second-order valence-corrected chi connectivity index (χ2v) is 9.03. The molecule has 1 saturated heterocycles. The van der Waals surface area contributed by atoms with Crippen molar-refractivity contribution in [3.05, 3.63) is 93.4 Å². The first-order valence-electron chi connectivity index (χ1n) is 10.7. The normalized spacial score (nSPS) is 15.5. The highest BCUT2D eigenvalue weighted by Gasteiger charge is 2.40. The van der Waals surface area contributed by atoms with Crippen LogP contribution < -0.4 is 21.0 Å². The van der Waals surface area contributed by atoms with Gasteiger partial charge >= 0.3 is 6.03 Å². The van der Waals surface area contributed by atoms with Crippen molar-refractivity contribution < 1.29 is 24.0 Å². The van der Waals surface area contributed by atoms with Crippen molar-refractivity contribution in [1.29, 1.82) is 0 Å². The number of carbonyl (C=O) groups is 5. The largest absolute Gasteiger partial charge is 0.335 e. The van der Waals surface area contributed by atoms with Gasteiger partial charge in [-0.2, -0.15) is 5.10 Å². The van der Waals surface area contributed by atoms with Crippen LogP contribution in [-0.2, 0) is 9.59 Å². The van der Waals surface area contributed by atoms with Crippen molar-refractivity contribution >= 4 is 74.8 Å². The number of benzene rings is 3. The van der Waals surface area contributed by atoms with Crippen molar-refractivity contribution in [2.24, 2.45) is 11.0 Å². The van der Waals surface area contributed by atoms with Crippen LogP contribution in [0.15, 0.2) is 82.4 Å². The molecule has 0 aromatic heterocycles. The number of halogens is 2. The van der Waals surface area contributed by atoms with Crippen molar-refractivity contribution in [3.8, 4) is 0 Å². The average Bonchev–Trinajstić information content (AvgIpc) is 2.87. The fourth-order valence-corrected chi connectivity index (χ4v) is 3.69. The SMILES string of the molecule is O=C(N/N=C\[C@H]1C(=O)NC(=O)N(c2ccc(Br)cc2)C1=O)c1ccc(NC(=O)c2ccc(Cl)cc2)cc1. The predicted molar refractivity (Wildman–Crippen MR) is 140 cm³/mol. The number of urea groups is 1. The van der Waals surface area contributed by atoms with Gasteiger partial charge in [0.1, 0.15) is 0 Å². The fraction of sp³-hybridized carbons (Fsp3) is 0.0400. The molecule has 3 aromatic rings. The molecule has 37 heavy (non-hydrogen) atoms. The lowest BCUT2D eigenvalue weighted by Gasteiger charge is -2.28. The summed E-state index contributed by atoms with van der Waals surface area (Å²) in [5.41, 5.74) is 3.60. The minimum Gasteiger partial charge on any atom is -0.322 e. The maximum atomic E-state index is 12.8. The summed E-state index contributed by atoms with van der Waals surface area (Å²) in [4.78, 5) is 62.8. The highest BCUT2D eigenvalue weighted by molar-refractivity contribution is 9.10. The molecule has 0 unspecified atom stereocenters. The van der Waals surface area contributed by atoms with Crippen molar-refractivity contribution in [1.82, 2.24) is 10.7 Å². The van der Waals surface area contributed by atoms with Crippen LogP contribution in [0.3, 0.4) is 0 Å². The molecule has 1 atom stereocenters. The Morgan fingerprint density at radius 2 is 1.49 bits per heavy atom. The summed E-state index contributed by atoms with van der Waals surface area (Å²) in [6, 6.07) is 17.9. The van der Waals surface area contributed by atoms with Crippen LogP contribution in [0.2, 0.25) is 5.02 Å². The monoisotopic (exact) mass is 581 g/mol. The molecule has 4 rings (SSSR count). The number of carbonyl (C=O) groups excluding carboxylic acids is 5. The third-order valence-corrected chi connectivity index (χ3v) is 5.97. The predicted octanol–water partition coefficient (Wildman–Crippen LogP) is 3.97. The third kappa shape index (κ3) is 6.08. The zero-order valence-electron chi connectivity index (χ0n) is 18.8. The number of hydrazone groups is 1. The molecule has 0 spiro atoms. The van der Waals surface area contributed by atoms with Crippen LogP contribution >= 0.6 is 27.5 Å². The lowest BCUT2D eigenvalue weighted by molar-refractivity contribution is -0.131. The van der Waals surface area contributed by atoms with Gasteiger partial charge in [0, 0.05) is 32.5 Å². The van der Waals surface area contributed by atoms with Gasteiger partial charge in [-0.1, -0.05) is 27.5 Å². The summed E-state index contributed by atoms with van der Waals surface area (Å²) in [5, 5.41) is 9.04.